The molecule has 9 nitrogen and oxygen atoms in total. The number of methoxy groups -OCH3 is 1. The molecule has 0 saturated carbocycles. The number of pyridine rings is 1. The molecule has 0 spiro atoms. The van der Waals surface area contributed by atoms with Crippen molar-refractivity contribution in [1.82, 2.24) is 25.0 Å². The van der Waals surface area contributed by atoms with E-state index in [4.69, 9.17) is 19.9 Å². The first-order valence-electron chi connectivity index (χ1n) is 11.8. The highest BCUT2D eigenvalue weighted by atomic mass is 16.5. The van der Waals surface area contributed by atoms with Gasteiger partial charge in [0.1, 0.15) is 18.0 Å². The van der Waals surface area contributed by atoms with Gasteiger partial charge >= 0.3 is 0 Å². The molecule has 9 heteroatoms. The second-order valence-corrected chi connectivity index (χ2v) is 9.18. The second-order valence-electron chi connectivity index (χ2n) is 9.18. The summed E-state index contributed by atoms with van der Waals surface area (Å²) in [6.07, 6.45) is 5.78. The summed E-state index contributed by atoms with van der Waals surface area (Å²) in [5, 5.41) is 8.68. The van der Waals surface area contributed by atoms with Gasteiger partial charge in [0.15, 0.2) is 0 Å². The van der Waals surface area contributed by atoms with Crippen molar-refractivity contribution in [3.63, 3.8) is 0 Å². The molecule has 0 radical (unpaired) electrons. The van der Waals surface area contributed by atoms with E-state index >= 15 is 0 Å². The quantitative estimate of drug-likeness (QED) is 0.605. The van der Waals surface area contributed by atoms with E-state index in [0.717, 1.165) is 57.6 Å². The molecule has 0 aliphatic carbocycles. The van der Waals surface area contributed by atoms with Crippen LogP contribution in [0.15, 0.2) is 30.5 Å². The summed E-state index contributed by atoms with van der Waals surface area (Å²) in [4.78, 5) is 8.91. The molecule has 3 atom stereocenters. The third-order valence-corrected chi connectivity index (χ3v) is 6.63. The Kier molecular flexibility index (Phi) is 7.95. The van der Waals surface area contributed by atoms with E-state index in [1.165, 1.54) is 0 Å². The second kappa shape index (κ2) is 11.1. The number of aromatic nitrogens is 3. The Labute approximate surface area is 196 Å². The lowest BCUT2D eigenvalue weighted by Gasteiger charge is -2.28. The minimum absolute atomic E-state index is 0.0367. The van der Waals surface area contributed by atoms with Gasteiger partial charge in [-0.2, -0.15) is 5.10 Å². The Morgan fingerprint density at radius 2 is 1.85 bits per heavy atom. The number of hydrogen-bond donors (Lipinski definition) is 1. The van der Waals surface area contributed by atoms with E-state index < -0.39 is 0 Å². The molecule has 2 N–H and O–H groups in total. The minimum atomic E-state index is -0.0570. The minimum Gasteiger partial charge on any atom is -0.486 e. The van der Waals surface area contributed by atoms with Gasteiger partial charge < -0.3 is 24.8 Å². The molecular formula is C24H36N6O3. The van der Waals surface area contributed by atoms with Crippen molar-refractivity contribution in [3.05, 3.63) is 36.2 Å². The maximum absolute atomic E-state index is 6.37. The smallest absolute Gasteiger partial charge is 0.233 e. The molecule has 33 heavy (non-hydrogen) atoms. The molecule has 4 rings (SSSR count). The van der Waals surface area contributed by atoms with Crippen LogP contribution in [0.25, 0.3) is 0 Å². The van der Waals surface area contributed by atoms with Crippen LogP contribution < -0.4 is 19.9 Å². The van der Waals surface area contributed by atoms with Gasteiger partial charge in [-0.25, -0.2) is 4.98 Å². The first-order chi connectivity index (χ1) is 16.0. The van der Waals surface area contributed by atoms with Crippen molar-refractivity contribution in [2.45, 2.75) is 56.9 Å². The zero-order valence-corrected chi connectivity index (χ0v) is 19.9. The molecule has 3 unspecified atom stereocenters. The molecule has 4 heterocycles. The summed E-state index contributed by atoms with van der Waals surface area (Å²) in [6, 6.07) is 7.97. The zero-order valence-electron chi connectivity index (χ0n) is 19.9. The van der Waals surface area contributed by atoms with E-state index in [9.17, 15) is 0 Å². The van der Waals surface area contributed by atoms with Crippen molar-refractivity contribution < 1.29 is 14.2 Å². The third-order valence-electron chi connectivity index (χ3n) is 6.63. The Bertz CT molecular complexity index is 858. The number of nitrogens with zero attached hydrogens (tertiary/aromatic N) is 5. The standard InChI is InChI=1S/C24H36N6O3/c1-17(30-15-21(25)22(16-30)32-20-7-9-23(31-3)26-14-20)4-5-18-6-8-24(28-27-18)33-19-10-12-29(2)13-11-19/h6-9,14,17,19,21-22H,4-5,10-13,15-16,25H2,1-3H3. The molecule has 2 aromatic heterocycles. The summed E-state index contributed by atoms with van der Waals surface area (Å²) < 4.78 is 17.2. The Hall–Kier alpha value is -2.49. The highest BCUT2D eigenvalue weighted by Crippen LogP contribution is 2.22. The van der Waals surface area contributed by atoms with Crippen LogP contribution >= 0.6 is 0 Å². The lowest BCUT2D eigenvalue weighted by molar-refractivity contribution is 0.109. The average molecular weight is 457 g/mol. The predicted molar refractivity (Wildman–Crippen MR) is 126 cm³/mol. The van der Waals surface area contributed by atoms with Gasteiger partial charge in [-0.1, -0.05) is 0 Å². The summed E-state index contributed by atoms with van der Waals surface area (Å²) in [6.45, 7) is 5.97. The highest BCUT2D eigenvalue weighted by Gasteiger charge is 2.34. The van der Waals surface area contributed by atoms with Gasteiger partial charge in [0.05, 0.1) is 25.0 Å². The zero-order chi connectivity index (χ0) is 23.2. The van der Waals surface area contributed by atoms with Gasteiger partial charge in [-0.05, 0) is 51.8 Å². The Morgan fingerprint density at radius 1 is 1.06 bits per heavy atom. The normalized spacial score (nSPS) is 23.4. The van der Waals surface area contributed by atoms with Crippen LogP contribution in [0, 0.1) is 0 Å². The topological polar surface area (TPSA) is 98.9 Å². The van der Waals surface area contributed by atoms with Crippen molar-refractivity contribution in [3.8, 4) is 17.5 Å². The summed E-state index contributed by atoms with van der Waals surface area (Å²) in [7, 11) is 3.74. The van der Waals surface area contributed by atoms with Crippen LogP contribution in [0.3, 0.4) is 0 Å². The van der Waals surface area contributed by atoms with E-state index in [1.807, 2.05) is 18.2 Å². The summed E-state index contributed by atoms with van der Waals surface area (Å²) in [5.74, 6) is 1.90. The molecule has 0 bridgehead atoms. The highest BCUT2D eigenvalue weighted by molar-refractivity contribution is 5.23. The molecule has 2 fully saturated rings. The lowest BCUT2D eigenvalue weighted by Crippen LogP contribution is -2.37. The van der Waals surface area contributed by atoms with E-state index in [2.05, 4.69) is 39.0 Å². The van der Waals surface area contributed by atoms with Crippen molar-refractivity contribution >= 4 is 0 Å². The number of rotatable bonds is 9. The van der Waals surface area contributed by atoms with Crippen molar-refractivity contribution in [1.29, 1.82) is 0 Å². The Balaban J connectivity index is 1.21. The largest absolute Gasteiger partial charge is 0.486 e. The summed E-state index contributed by atoms with van der Waals surface area (Å²) >= 11 is 0. The van der Waals surface area contributed by atoms with Crippen LogP contribution in [0.1, 0.15) is 31.9 Å². The molecule has 2 aliphatic heterocycles. The van der Waals surface area contributed by atoms with Gasteiger partial charge in [0.2, 0.25) is 11.8 Å². The van der Waals surface area contributed by atoms with E-state index in [1.54, 1.807) is 19.4 Å². The molecule has 0 aromatic carbocycles. The van der Waals surface area contributed by atoms with Gasteiger partial charge in [-0.3, -0.25) is 4.90 Å². The van der Waals surface area contributed by atoms with Crippen LogP contribution in [0.2, 0.25) is 0 Å². The van der Waals surface area contributed by atoms with E-state index in [0.29, 0.717) is 23.6 Å². The monoisotopic (exact) mass is 456 g/mol. The molecule has 0 amide bonds. The SMILES string of the molecule is COc1ccc(OC2CN(C(C)CCc3ccc(OC4CCN(C)CC4)nn3)CC2N)cn1. The van der Waals surface area contributed by atoms with Gasteiger partial charge in [0.25, 0.3) is 0 Å². The van der Waals surface area contributed by atoms with Crippen molar-refractivity contribution in [2.75, 3.05) is 40.3 Å². The van der Waals surface area contributed by atoms with E-state index in [-0.39, 0.29) is 18.2 Å². The fourth-order valence-corrected chi connectivity index (χ4v) is 4.40. The molecule has 2 saturated heterocycles. The first kappa shape index (κ1) is 23.7. The molecule has 2 aliphatic rings. The van der Waals surface area contributed by atoms with Crippen molar-refractivity contribution in [2.24, 2.45) is 5.73 Å². The lowest BCUT2D eigenvalue weighted by atomic mass is 10.1. The molecule has 2 aromatic rings. The fraction of sp³-hybridized carbons (Fsp3) is 0.625. The fourth-order valence-electron chi connectivity index (χ4n) is 4.40. The molecule has 180 valence electrons. The third kappa shape index (κ3) is 6.52. The number of likely N-dealkylation sites (tertiary alicyclic amines) is 2. The maximum atomic E-state index is 6.37. The maximum Gasteiger partial charge on any atom is 0.233 e. The predicted octanol–water partition coefficient (Wildman–Crippen LogP) is 1.76. The first-order valence-corrected chi connectivity index (χ1v) is 11.8. The number of nitrogens with two attached hydrogens (primary N) is 1. The summed E-state index contributed by atoms with van der Waals surface area (Å²) in [5.41, 5.74) is 7.35. The van der Waals surface area contributed by atoms with Crippen LogP contribution in [-0.2, 0) is 6.42 Å². The number of aryl methyl sites for hydroxylation is 1. The number of piperidine rings is 1. The van der Waals surface area contributed by atoms with Gasteiger partial charge in [-0.15, -0.1) is 5.10 Å². The Morgan fingerprint density at radius 3 is 2.52 bits per heavy atom. The number of ether oxygens (including phenoxy) is 3. The van der Waals surface area contributed by atoms with Gasteiger partial charge in [0, 0.05) is 44.4 Å². The van der Waals surface area contributed by atoms with Crippen LogP contribution in [0.4, 0.5) is 0 Å². The molecular weight excluding hydrogens is 420 g/mol. The van der Waals surface area contributed by atoms with Crippen LogP contribution in [-0.4, -0.2) is 89.6 Å². The van der Waals surface area contributed by atoms with Crippen LogP contribution in [0.5, 0.6) is 17.5 Å². The number of hydrogen-bond acceptors (Lipinski definition) is 9. The average Bonchev–Trinajstić information content (AvgIpc) is 3.20.